The second-order valence-electron chi connectivity index (χ2n) is 6.96. The van der Waals surface area contributed by atoms with Gasteiger partial charge in [0.05, 0.1) is 33.3 Å². The molecule has 1 fully saturated rings. The molecule has 6 heteroatoms. The topological polar surface area (TPSA) is 68.2 Å². The van der Waals surface area contributed by atoms with Crippen LogP contribution in [0, 0.1) is 5.92 Å². The molecule has 2 unspecified atom stereocenters. The van der Waals surface area contributed by atoms with Crippen LogP contribution in [0.15, 0.2) is 42.5 Å². The molecule has 0 bridgehead atoms. The number of ether oxygens (including phenoxy) is 3. The molecule has 2 aromatic carbocycles. The van der Waals surface area contributed by atoms with Crippen molar-refractivity contribution in [2.75, 3.05) is 34.4 Å². The predicted octanol–water partition coefficient (Wildman–Crippen LogP) is 3.60. The van der Waals surface area contributed by atoms with Gasteiger partial charge in [-0.2, -0.15) is 0 Å². The van der Waals surface area contributed by atoms with Gasteiger partial charge in [-0.25, -0.2) is 0 Å². The van der Waals surface area contributed by atoms with Crippen LogP contribution in [0.5, 0.6) is 17.2 Å². The molecule has 0 spiro atoms. The van der Waals surface area contributed by atoms with Crippen LogP contribution in [0.1, 0.15) is 30.0 Å². The molecule has 1 heterocycles. The molecule has 2 atom stereocenters. The van der Waals surface area contributed by atoms with Crippen LogP contribution >= 0.6 is 0 Å². The molecule has 1 aliphatic heterocycles. The maximum Gasteiger partial charge on any atom is 0.307 e. The van der Waals surface area contributed by atoms with E-state index in [-0.39, 0.29) is 12.0 Å². The Morgan fingerprint density at radius 1 is 1.04 bits per heavy atom. The summed E-state index contributed by atoms with van der Waals surface area (Å²) in [4.78, 5) is 13.8. The number of nitrogens with zero attached hydrogens (tertiary/aromatic N) is 1. The first kappa shape index (κ1) is 20.0. The Morgan fingerprint density at radius 3 is 2.32 bits per heavy atom. The first-order chi connectivity index (χ1) is 13.6. The molecule has 1 N–H and O–H groups in total. The van der Waals surface area contributed by atoms with Gasteiger partial charge in [-0.15, -0.1) is 0 Å². The van der Waals surface area contributed by atoms with Crippen molar-refractivity contribution in [3.05, 3.63) is 53.6 Å². The largest absolute Gasteiger partial charge is 0.497 e. The van der Waals surface area contributed by atoms with E-state index < -0.39 is 5.97 Å². The Morgan fingerprint density at radius 2 is 1.71 bits per heavy atom. The molecule has 1 aliphatic rings. The van der Waals surface area contributed by atoms with E-state index >= 15 is 0 Å². The highest BCUT2D eigenvalue weighted by Gasteiger charge is 2.32. The molecule has 28 heavy (non-hydrogen) atoms. The number of piperidine rings is 1. The molecule has 2 aromatic rings. The molecule has 6 nitrogen and oxygen atoms in total. The lowest BCUT2D eigenvalue weighted by molar-refractivity contribution is -0.143. The summed E-state index contributed by atoms with van der Waals surface area (Å²) >= 11 is 0. The number of aliphatic carboxylic acids is 1. The SMILES string of the molecule is COc1ccc(C(c2ccc(OC)cc2OC)N2CCCC(C(=O)O)C2)cc1. The van der Waals surface area contributed by atoms with E-state index in [2.05, 4.69) is 4.90 Å². The minimum atomic E-state index is -0.736. The van der Waals surface area contributed by atoms with Crippen LogP contribution < -0.4 is 14.2 Å². The van der Waals surface area contributed by atoms with Gasteiger partial charge < -0.3 is 19.3 Å². The van der Waals surface area contributed by atoms with Crippen molar-refractivity contribution in [3.8, 4) is 17.2 Å². The summed E-state index contributed by atoms with van der Waals surface area (Å²) in [6.07, 6.45) is 1.56. The van der Waals surface area contributed by atoms with Gasteiger partial charge in [-0.1, -0.05) is 12.1 Å². The first-order valence-electron chi connectivity index (χ1n) is 9.40. The second-order valence-corrected chi connectivity index (χ2v) is 6.96. The summed E-state index contributed by atoms with van der Waals surface area (Å²) in [6, 6.07) is 13.6. The average molecular weight is 385 g/mol. The number of carboxylic acids is 1. The van der Waals surface area contributed by atoms with Gasteiger partial charge >= 0.3 is 5.97 Å². The summed E-state index contributed by atoms with van der Waals surface area (Å²) in [5, 5.41) is 9.53. The zero-order valence-electron chi connectivity index (χ0n) is 16.6. The zero-order valence-corrected chi connectivity index (χ0v) is 16.6. The third-order valence-electron chi connectivity index (χ3n) is 5.33. The van der Waals surface area contributed by atoms with E-state index in [9.17, 15) is 9.90 Å². The zero-order chi connectivity index (χ0) is 20.1. The van der Waals surface area contributed by atoms with Crippen LogP contribution in [0.2, 0.25) is 0 Å². The van der Waals surface area contributed by atoms with Crippen LogP contribution in [-0.4, -0.2) is 50.4 Å². The van der Waals surface area contributed by atoms with Crippen LogP contribution in [-0.2, 0) is 4.79 Å². The fourth-order valence-corrected chi connectivity index (χ4v) is 3.86. The molecule has 0 aromatic heterocycles. The number of likely N-dealkylation sites (tertiary alicyclic amines) is 1. The van der Waals surface area contributed by atoms with E-state index in [1.165, 1.54) is 0 Å². The minimum absolute atomic E-state index is 0.117. The van der Waals surface area contributed by atoms with Gasteiger partial charge in [0, 0.05) is 18.2 Å². The Labute approximate surface area is 165 Å². The fourth-order valence-electron chi connectivity index (χ4n) is 3.86. The lowest BCUT2D eigenvalue weighted by Gasteiger charge is -2.38. The van der Waals surface area contributed by atoms with E-state index in [1.54, 1.807) is 21.3 Å². The van der Waals surface area contributed by atoms with Crippen LogP contribution in [0.3, 0.4) is 0 Å². The van der Waals surface area contributed by atoms with E-state index in [0.29, 0.717) is 13.0 Å². The number of methoxy groups -OCH3 is 3. The van der Waals surface area contributed by atoms with Gasteiger partial charge in [0.25, 0.3) is 0 Å². The number of benzene rings is 2. The molecular formula is C22H27NO5. The minimum Gasteiger partial charge on any atom is -0.497 e. The van der Waals surface area contributed by atoms with E-state index in [4.69, 9.17) is 14.2 Å². The number of hydrogen-bond acceptors (Lipinski definition) is 5. The monoisotopic (exact) mass is 385 g/mol. The third kappa shape index (κ3) is 4.22. The normalized spacial score (nSPS) is 18.3. The predicted molar refractivity (Wildman–Crippen MR) is 106 cm³/mol. The van der Waals surface area contributed by atoms with Gasteiger partial charge in [0.15, 0.2) is 0 Å². The maximum absolute atomic E-state index is 11.6. The lowest BCUT2D eigenvalue weighted by atomic mass is 9.91. The number of hydrogen-bond donors (Lipinski definition) is 1. The van der Waals surface area contributed by atoms with Gasteiger partial charge in [0.1, 0.15) is 17.2 Å². The molecular weight excluding hydrogens is 358 g/mol. The highest BCUT2D eigenvalue weighted by atomic mass is 16.5. The van der Waals surface area contributed by atoms with E-state index in [1.807, 2.05) is 42.5 Å². The molecule has 1 saturated heterocycles. The Balaban J connectivity index is 2.05. The van der Waals surface area contributed by atoms with Crippen molar-refractivity contribution in [1.29, 1.82) is 0 Å². The Bertz CT molecular complexity index is 805. The molecule has 3 rings (SSSR count). The van der Waals surface area contributed by atoms with Crippen molar-refractivity contribution < 1.29 is 24.1 Å². The van der Waals surface area contributed by atoms with Crippen molar-refractivity contribution in [3.63, 3.8) is 0 Å². The first-order valence-corrected chi connectivity index (χ1v) is 9.40. The van der Waals surface area contributed by atoms with Crippen molar-refractivity contribution in [2.24, 2.45) is 5.92 Å². The Hall–Kier alpha value is -2.73. The van der Waals surface area contributed by atoms with Gasteiger partial charge in [-0.05, 0) is 49.2 Å². The smallest absolute Gasteiger partial charge is 0.307 e. The van der Waals surface area contributed by atoms with Crippen molar-refractivity contribution in [2.45, 2.75) is 18.9 Å². The summed E-state index contributed by atoms with van der Waals surface area (Å²) in [6.45, 7) is 1.33. The molecule has 0 aliphatic carbocycles. The highest BCUT2D eigenvalue weighted by molar-refractivity contribution is 5.70. The van der Waals surface area contributed by atoms with Crippen LogP contribution in [0.4, 0.5) is 0 Å². The van der Waals surface area contributed by atoms with Gasteiger partial charge in [0.2, 0.25) is 0 Å². The number of carbonyl (C=O) groups is 1. The molecule has 150 valence electrons. The lowest BCUT2D eigenvalue weighted by Crippen LogP contribution is -2.41. The van der Waals surface area contributed by atoms with Crippen LogP contribution in [0.25, 0.3) is 0 Å². The quantitative estimate of drug-likeness (QED) is 0.785. The molecule has 0 radical (unpaired) electrons. The molecule has 0 amide bonds. The Kier molecular flexibility index (Phi) is 6.41. The summed E-state index contributed by atoms with van der Waals surface area (Å²) in [5.41, 5.74) is 2.05. The fraction of sp³-hybridized carbons (Fsp3) is 0.409. The summed E-state index contributed by atoms with van der Waals surface area (Å²) < 4.78 is 16.3. The molecule has 0 saturated carbocycles. The summed E-state index contributed by atoms with van der Waals surface area (Å²) in [5.74, 6) is 1.12. The summed E-state index contributed by atoms with van der Waals surface area (Å²) in [7, 11) is 4.90. The van der Waals surface area contributed by atoms with Crippen molar-refractivity contribution in [1.82, 2.24) is 4.90 Å². The maximum atomic E-state index is 11.6. The van der Waals surface area contributed by atoms with Crippen molar-refractivity contribution >= 4 is 5.97 Å². The third-order valence-corrected chi connectivity index (χ3v) is 5.33. The number of rotatable bonds is 7. The second kappa shape index (κ2) is 8.97. The highest BCUT2D eigenvalue weighted by Crippen LogP contribution is 2.39. The average Bonchev–Trinajstić information content (AvgIpc) is 2.74. The van der Waals surface area contributed by atoms with E-state index in [0.717, 1.165) is 41.3 Å². The number of carboxylic acid groups (broad SMARTS) is 1. The standard InChI is InChI=1S/C22H27NO5/c1-26-17-8-6-15(7-9-17)21(23-12-4-5-16(14-23)22(24)25)19-11-10-18(27-2)13-20(19)28-3/h6-11,13,16,21H,4-5,12,14H2,1-3H3,(H,24,25). The van der Waals surface area contributed by atoms with Gasteiger partial charge in [-0.3, -0.25) is 9.69 Å².